The topological polar surface area (TPSA) is 55.1 Å². The van der Waals surface area contributed by atoms with Crippen LogP contribution in [0.5, 0.6) is 0 Å². The number of nitrogens with one attached hydrogen (secondary N) is 1. The van der Waals surface area contributed by atoms with Gasteiger partial charge in [-0.15, -0.1) is 0 Å². The van der Waals surface area contributed by atoms with Crippen LogP contribution < -0.4 is 11.1 Å². The first-order chi connectivity index (χ1) is 9.02. The number of rotatable bonds is 4. The van der Waals surface area contributed by atoms with E-state index in [4.69, 9.17) is 5.73 Å². The summed E-state index contributed by atoms with van der Waals surface area (Å²) in [5.41, 5.74) is 4.92. The van der Waals surface area contributed by atoms with Crippen molar-refractivity contribution in [1.29, 1.82) is 0 Å². The maximum absolute atomic E-state index is 12.3. The molecule has 3 N–H and O–H groups in total. The summed E-state index contributed by atoms with van der Waals surface area (Å²) in [6.45, 7) is -0.138. The van der Waals surface area contributed by atoms with Crippen molar-refractivity contribution < 1.29 is 31.1 Å². The fourth-order valence-electron chi connectivity index (χ4n) is 2.44. The van der Waals surface area contributed by atoms with Gasteiger partial charge >= 0.3 is 12.4 Å². The van der Waals surface area contributed by atoms with Crippen molar-refractivity contribution in [1.82, 2.24) is 5.32 Å². The molecule has 0 unspecified atom stereocenters. The molecule has 0 aromatic rings. The summed E-state index contributed by atoms with van der Waals surface area (Å²) < 4.78 is 74.0. The van der Waals surface area contributed by atoms with Gasteiger partial charge in [0.25, 0.3) is 0 Å². The molecule has 0 aromatic carbocycles. The van der Waals surface area contributed by atoms with Crippen LogP contribution in [0.1, 0.15) is 25.7 Å². The lowest BCUT2D eigenvalue weighted by molar-refractivity contribution is -0.274. The van der Waals surface area contributed by atoms with E-state index in [0.29, 0.717) is 12.8 Å². The fourth-order valence-corrected chi connectivity index (χ4v) is 2.44. The highest BCUT2D eigenvalue weighted by Crippen LogP contribution is 2.40. The van der Waals surface area contributed by atoms with E-state index < -0.39 is 29.6 Å². The van der Waals surface area contributed by atoms with E-state index in [9.17, 15) is 31.1 Å². The molecule has 1 fully saturated rings. The van der Waals surface area contributed by atoms with E-state index in [0.717, 1.165) is 12.8 Å². The predicted molar refractivity (Wildman–Crippen MR) is 58.6 cm³/mol. The number of nitrogens with two attached hydrogens (primary N) is 1. The van der Waals surface area contributed by atoms with Gasteiger partial charge < -0.3 is 11.1 Å². The SMILES string of the molecule is NCC1(CNC(=O)C(C(F)(F)F)C(F)(F)F)CCCC1. The second-order valence-corrected chi connectivity index (χ2v) is 5.15. The van der Waals surface area contributed by atoms with Crippen LogP contribution in [0.4, 0.5) is 26.3 Å². The molecular weight excluding hydrogens is 290 g/mol. The van der Waals surface area contributed by atoms with Crippen molar-refractivity contribution >= 4 is 5.91 Å². The van der Waals surface area contributed by atoms with E-state index in [-0.39, 0.29) is 13.1 Å². The van der Waals surface area contributed by atoms with E-state index in [1.807, 2.05) is 0 Å². The first-order valence-corrected chi connectivity index (χ1v) is 6.13. The lowest BCUT2D eigenvalue weighted by Gasteiger charge is -2.29. The molecule has 0 saturated heterocycles. The van der Waals surface area contributed by atoms with Crippen molar-refractivity contribution in [2.75, 3.05) is 13.1 Å². The molecule has 118 valence electrons. The van der Waals surface area contributed by atoms with Crippen molar-refractivity contribution in [3.63, 3.8) is 0 Å². The highest BCUT2D eigenvalue weighted by Gasteiger charge is 2.61. The molecule has 0 spiro atoms. The number of hydrogen-bond acceptors (Lipinski definition) is 2. The minimum absolute atomic E-state index is 0.121. The van der Waals surface area contributed by atoms with Crippen LogP contribution in [0.15, 0.2) is 0 Å². The van der Waals surface area contributed by atoms with Crippen LogP contribution in [0.25, 0.3) is 0 Å². The van der Waals surface area contributed by atoms with Crippen LogP contribution >= 0.6 is 0 Å². The summed E-state index contributed by atoms with van der Waals surface area (Å²) in [7, 11) is 0. The molecular formula is C11H16F6N2O. The first kappa shape index (κ1) is 17.1. The average Bonchev–Trinajstić information content (AvgIpc) is 2.71. The summed E-state index contributed by atoms with van der Waals surface area (Å²) in [4.78, 5) is 11.3. The first-order valence-electron chi connectivity index (χ1n) is 6.13. The lowest BCUT2D eigenvalue weighted by Crippen LogP contribution is -2.50. The van der Waals surface area contributed by atoms with Crippen molar-refractivity contribution in [2.24, 2.45) is 17.1 Å². The molecule has 0 aliphatic heterocycles. The second-order valence-electron chi connectivity index (χ2n) is 5.15. The van der Waals surface area contributed by atoms with Gasteiger partial charge in [-0.2, -0.15) is 26.3 Å². The van der Waals surface area contributed by atoms with Crippen molar-refractivity contribution in [3.05, 3.63) is 0 Å². The van der Waals surface area contributed by atoms with Gasteiger partial charge in [0.1, 0.15) is 0 Å². The van der Waals surface area contributed by atoms with Gasteiger partial charge in [-0.25, -0.2) is 0 Å². The van der Waals surface area contributed by atoms with E-state index in [1.165, 1.54) is 0 Å². The quantitative estimate of drug-likeness (QED) is 0.784. The van der Waals surface area contributed by atoms with E-state index in [2.05, 4.69) is 0 Å². The standard InChI is InChI=1S/C11H16F6N2O/c12-10(13,14)7(11(15,16)17)8(20)19-6-9(5-18)3-1-2-4-9/h7H,1-6,18H2,(H,19,20). The van der Waals surface area contributed by atoms with Gasteiger partial charge in [0.2, 0.25) is 11.8 Å². The highest BCUT2D eigenvalue weighted by atomic mass is 19.4. The number of alkyl halides is 6. The third-order valence-electron chi connectivity index (χ3n) is 3.65. The Kier molecular flexibility index (Phi) is 4.94. The van der Waals surface area contributed by atoms with Gasteiger partial charge in [0, 0.05) is 6.54 Å². The molecule has 1 aliphatic rings. The Morgan fingerprint density at radius 3 is 1.90 bits per heavy atom. The molecule has 20 heavy (non-hydrogen) atoms. The Bertz CT molecular complexity index is 332. The largest absolute Gasteiger partial charge is 0.409 e. The third-order valence-corrected chi connectivity index (χ3v) is 3.65. The molecule has 0 bridgehead atoms. The Hall–Kier alpha value is -0.990. The summed E-state index contributed by atoms with van der Waals surface area (Å²) in [5.74, 6) is -6.06. The molecule has 0 heterocycles. The zero-order valence-electron chi connectivity index (χ0n) is 10.6. The van der Waals surface area contributed by atoms with Gasteiger partial charge in [-0.3, -0.25) is 4.79 Å². The Morgan fingerprint density at radius 1 is 1.10 bits per heavy atom. The van der Waals surface area contributed by atoms with Gasteiger partial charge in [-0.05, 0) is 24.8 Å². The monoisotopic (exact) mass is 306 g/mol. The van der Waals surface area contributed by atoms with Crippen LogP contribution in [-0.2, 0) is 4.79 Å². The number of amides is 1. The van der Waals surface area contributed by atoms with E-state index >= 15 is 0 Å². The average molecular weight is 306 g/mol. The molecule has 1 aliphatic carbocycles. The molecule has 9 heteroatoms. The number of hydrogen-bond donors (Lipinski definition) is 2. The molecule has 0 aromatic heterocycles. The van der Waals surface area contributed by atoms with Crippen molar-refractivity contribution in [2.45, 2.75) is 38.0 Å². The van der Waals surface area contributed by atoms with Gasteiger partial charge in [0.05, 0.1) is 0 Å². The Labute approximate surface area is 111 Å². The van der Waals surface area contributed by atoms with Crippen molar-refractivity contribution in [3.8, 4) is 0 Å². The lowest BCUT2D eigenvalue weighted by atomic mass is 9.86. The van der Waals surface area contributed by atoms with Gasteiger partial charge in [-0.1, -0.05) is 12.8 Å². The molecule has 0 atom stereocenters. The second kappa shape index (κ2) is 5.79. The zero-order chi connectivity index (χ0) is 15.6. The number of halogens is 6. The summed E-state index contributed by atoms with van der Waals surface area (Å²) in [6, 6.07) is 0. The summed E-state index contributed by atoms with van der Waals surface area (Å²) >= 11 is 0. The molecule has 1 amide bonds. The smallest absolute Gasteiger partial charge is 0.355 e. The third kappa shape index (κ3) is 4.00. The summed E-state index contributed by atoms with van der Waals surface area (Å²) in [6.07, 6.45) is -8.54. The maximum Gasteiger partial charge on any atom is 0.409 e. The fraction of sp³-hybridized carbons (Fsp3) is 0.909. The molecule has 3 nitrogen and oxygen atoms in total. The minimum Gasteiger partial charge on any atom is -0.355 e. The molecule has 0 radical (unpaired) electrons. The van der Waals surface area contributed by atoms with Crippen LogP contribution in [0.3, 0.4) is 0 Å². The maximum atomic E-state index is 12.3. The Balaban J connectivity index is 2.73. The zero-order valence-corrected chi connectivity index (χ0v) is 10.6. The summed E-state index contributed by atoms with van der Waals surface area (Å²) in [5, 5.41) is 1.77. The van der Waals surface area contributed by atoms with Crippen LogP contribution in [0.2, 0.25) is 0 Å². The molecule has 1 rings (SSSR count). The van der Waals surface area contributed by atoms with E-state index in [1.54, 1.807) is 5.32 Å². The minimum atomic E-state index is -5.66. The molecule has 1 saturated carbocycles. The normalized spacial score (nSPS) is 19.4. The highest BCUT2D eigenvalue weighted by molar-refractivity contribution is 5.80. The van der Waals surface area contributed by atoms with Gasteiger partial charge in [0.15, 0.2) is 0 Å². The Morgan fingerprint density at radius 2 is 1.55 bits per heavy atom. The number of carbonyl (C=O) groups is 1. The number of carbonyl (C=O) groups excluding carboxylic acids is 1. The predicted octanol–water partition coefficient (Wildman–Crippen LogP) is 2.36. The van der Waals surface area contributed by atoms with Crippen LogP contribution in [0, 0.1) is 11.3 Å². The van der Waals surface area contributed by atoms with Crippen LogP contribution in [-0.4, -0.2) is 31.3 Å².